The Kier molecular flexibility index (Phi) is 5.33. The van der Waals surface area contributed by atoms with E-state index in [0.717, 1.165) is 21.3 Å². The van der Waals surface area contributed by atoms with Gasteiger partial charge in [-0.2, -0.15) is 0 Å². The number of nitro groups is 1. The standard InChI is InChI=1S/C27H20N4O4/c1-29-25-24(26(32)30(2)27(29)33)22(20-9-6-10-21(15-20)31(34)35)16-23(28-25)19-13-11-18(12-14-19)17-7-4-3-5-8-17/h3-16H,1-2H3. The Hall–Kier alpha value is -4.85. The number of aromatic nitrogens is 3. The maximum absolute atomic E-state index is 13.1. The van der Waals surface area contributed by atoms with Crippen molar-refractivity contribution < 1.29 is 4.92 Å². The summed E-state index contributed by atoms with van der Waals surface area (Å²) in [6.07, 6.45) is 0. The number of nitrogens with zero attached hydrogens (tertiary/aromatic N) is 4. The van der Waals surface area contributed by atoms with Crippen molar-refractivity contribution in [2.45, 2.75) is 0 Å². The second-order valence-electron chi connectivity index (χ2n) is 8.21. The minimum absolute atomic E-state index is 0.0946. The topological polar surface area (TPSA) is 100 Å². The first-order valence-electron chi connectivity index (χ1n) is 10.9. The molecule has 0 spiro atoms. The summed E-state index contributed by atoms with van der Waals surface area (Å²) in [5, 5.41) is 11.6. The molecule has 3 aromatic carbocycles. The molecule has 0 radical (unpaired) electrons. The summed E-state index contributed by atoms with van der Waals surface area (Å²) in [5.74, 6) is 0. The molecule has 8 nitrogen and oxygen atoms in total. The number of non-ortho nitro benzene ring substituents is 1. The van der Waals surface area contributed by atoms with Gasteiger partial charge >= 0.3 is 5.69 Å². The smallest absolute Gasteiger partial charge is 0.280 e. The van der Waals surface area contributed by atoms with Crippen LogP contribution in [0.1, 0.15) is 0 Å². The molecule has 172 valence electrons. The van der Waals surface area contributed by atoms with Crippen molar-refractivity contribution in [2.24, 2.45) is 14.1 Å². The number of pyridine rings is 1. The van der Waals surface area contributed by atoms with Gasteiger partial charge in [0.2, 0.25) is 0 Å². The van der Waals surface area contributed by atoms with E-state index < -0.39 is 16.2 Å². The van der Waals surface area contributed by atoms with Crippen LogP contribution >= 0.6 is 0 Å². The Labute approximate surface area is 199 Å². The largest absolute Gasteiger partial charge is 0.332 e. The van der Waals surface area contributed by atoms with Crippen LogP contribution in [0, 0.1) is 10.1 Å². The number of fused-ring (bicyclic) bond motifs is 1. The van der Waals surface area contributed by atoms with Crippen molar-refractivity contribution in [1.82, 2.24) is 14.1 Å². The quantitative estimate of drug-likeness (QED) is 0.287. The number of aryl methyl sites for hydroxylation is 1. The highest BCUT2D eigenvalue weighted by Crippen LogP contribution is 2.32. The molecule has 8 heteroatoms. The lowest BCUT2D eigenvalue weighted by Gasteiger charge is -2.14. The molecule has 5 aromatic rings. The Morgan fingerprint density at radius 2 is 1.37 bits per heavy atom. The molecule has 0 N–H and O–H groups in total. The second-order valence-corrected chi connectivity index (χ2v) is 8.21. The van der Waals surface area contributed by atoms with E-state index in [-0.39, 0.29) is 16.7 Å². The van der Waals surface area contributed by atoms with E-state index in [2.05, 4.69) is 4.98 Å². The molecule has 0 bridgehead atoms. The highest BCUT2D eigenvalue weighted by atomic mass is 16.6. The minimum Gasteiger partial charge on any atom is -0.280 e. The van der Waals surface area contributed by atoms with E-state index in [9.17, 15) is 19.7 Å². The van der Waals surface area contributed by atoms with Gasteiger partial charge in [0.1, 0.15) is 0 Å². The third-order valence-corrected chi connectivity index (χ3v) is 6.07. The maximum atomic E-state index is 13.1. The van der Waals surface area contributed by atoms with Crippen molar-refractivity contribution in [3.63, 3.8) is 0 Å². The lowest BCUT2D eigenvalue weighted by Crippen LogP contribution is -2.37. The highest BCUT2D eigenvalue weighted by Gasteiger charge is 2.19. The van der Waals surface area contributed by atoms with E-state index in [1.807, 2.05) is 54.6 Å². The molecule has 0 aliphatic rings. The molecule has 2 aromatic heterocycles. The molecule has 0 atom stereocenters. The van der Waals surface area contributed by atoms with Crippen LogP contribution in [0.4, 0.5) is 5.69 Å². The summed E-state index contributed by atoms with van der Waals surface area (Å²) in [5.41, 5.74) is 3.51. The lowest BCUT2D eigenvalue weighted by atomic mass is 9.98. The second kappa shape index (κ2) is 8.49. The van der Waals surface area contributed by atoms with Gasteiger partial charge in [-0.25, -0.2) is 9.78 Å². The van der Waals surface area contributed by atoms with Gasteiger partial charge in [0.15, 0.2) is 5.65 Å². The first-order chi connectivity index (χ1) is 16.8. The molecular formula is C27H20N4O4. The van der Waals surface area contributed by atoms with Gasteiger partial charge in [-0.3, -0.25) is 24.0 Å². The van der Waals surface area contributed by atoms with E-state index in [4.69, 9.17) is 0 Å². The first-order valence-corrected chi connectivity index (χ1v) is 10.9. The van der Waals surface area contributed by atoms with Crippen molar-refractivity contribution in [1.29, 1.82) is 0 Å². The number of rotatable bonds is 4. The summed E-state index contributed by atoms with van der Waals surface area (Å²) in [6, 6.07) is 25.6. The predicted octanol–water partition coefficient (Wildman–Crippen LogP) is 4.54. The molecule has 0 fully saturated rings. The van der Waals surface area contributed by atoms with Gasteiger partial charge in [-0.1, -0.05) is 66.7 Å². The zero-order valence-electron chi connectivity index (χ0n) is 19.0. The Balaban J connectivity index is 1.78. The number of hydrogen-bond donors (Lipinski definition) is 0. The fraction of sp³-hybridized carbons (Fsp3) is 0.0741. The number of nitro benzene ring substituents is 1. The number of benzene rings is 3. The Bertz CT molecular complexity index is 1720. The minimum atomic E-state index is -0.511. The summed E-state index contributed by atoms with van der Waals surface area (Å²) in [6.45, 7) is 0. The fourth-order valence-electron chi connectivity index (χ4n) is 4.18. The molecule has 0 saturated carbocycles. The van der Waals surface area contributed by atoms with Crippen LogP contribution in [0.5, 0.6) is 0 Å². The van der Waals surface area contributed by atoms with Crippen molar-refractivity contribution >= 4 is 16.7 Å². The van der Waals surface area contributed by atoms with Gasteiger partial charge in [-0.05, 0) is 22.8 Å². The SMILES string of the molecule is Cn1c(=O)c2c(-c3cccc([N+](=O)[O-])c3)cc(-c3ccc(-c4ccccc4)cc3)nc2n(C)c1=O. The van der Waals surface area contributed by atoms with Crippen LogP contribution < -0.4 is 11.2 Å². The molecule has 2 heterocycles. The monoisotopic (exact) mass is 464 g/mol. The third kappa shape index (κ3) is 3.80. The maximum Gasteiger partial charge on any atom is 0.332 e. The zero-order valence-corrected chi connectivity index (χ0v) is 19.0. The Morgan fingerprint density at radius 1 is 0.743 bits per heavy atom. The van der Waals surface area contributed by atoms with Crippen LogP contribution in [0.25, 0.3) is 44.5 Å². The molecule has 0 amide bonds. The predicted molar refractivity (Wildman–Crippen MR) is 135 cm³/mol. The summed E-state index contributed by atoms with van der Waals surface area (Å²) in [4.78, 5) is 41.4. The van der Waals surface area contributed by atoms with Crippen molar-refractivity contribution in [2.75, 3.05) is 0 Å². The molecule has 0 unspecified atom stereocenters. The Morgan fingerprint density at radius 3 is 2.06 bits per heavy atom. The van der Waals surface area contributed by atoms with Crippen LogP contribution in [0.2, 0.25) is 0 Å². The van der Waals surface area contributed by atoms with Gasteiger partial charge in [0, 0.05) is 37.4 Å². The van der Waals surface area contributed by atoms with Crippen LogP contribution in [0.15, 0.2) is 94.5 Å². The summed E-state index contributed by atoms with van der Waals surface area (Å²) < 4.78 is 2.33. The van der Waals surface area contributed by atoms with Crippen molar-refractivity contribution in [3.05, 3.63) is 116 Å². The van der Waals surface area contributed by atoms with E-state index in [0.29, 0.717) is 16.8 Å². The normalized spacial score (nSPS) is 11.0. The van der Waals surface area contributed by atoms with Gasteiger partial charge < -0.3 is 0 Å². The molecule has 35 heavy (non-hydrogen) atoms. The van der Waals surface area contributed by atoms with Crippen molar-refractivity contribution in [3.8, 4) is 33.5 Å². The van der Waals surface area contributed by atoms with Gasteiger partial charge in [0.05, 0.1) is 16.0 Å². The molecular weight excluding hydrogens is 444 g/mol. The summed E-state index contributed by atoms with van der Waals surface area (Å²) >= 11 is 0. The average molecular weight is 464 g/mol. The van der Waals surface area contributed by atoms with Gasteiger partial charge in [0.25, 0.3) is 11.2 Å². The van der Waals surface area contributed by atoms with Crippen LogP contribution in [-0.4, -0.2) is 19.0 Å². The lowest BCUT2D eigenvalue weighted by molar-refractivity contribution is -0.384. The van der Waals surface area contributed by atoms with E-state index in [1.165, 1.54) is 23.7 Å². The van der Waals surface area contributed by atoms with E-state index in [1.54, 1.807) is 25.2 Å². The van der Waals surface area contributed by atoms with E-state index >= 15 is 0 Å². The van der Waals surface area contributed by atoms with Crippen LogP contribution in [-0.2, 0) is 14.1 Å². The zero-order chi connectivity index (χ0) is 24.7. The fourth-order valence-corrected chi connectivity index (χ4v) is 4.18. The molecule has 0 saturated heterocycles. The molecule has 0 aliphatic heterocycles. The number of hydrogen-bond acceptors (Lipinski definition) is 5. The molecule has 5 rings (SSSR count). The van der Waals surface area contributed by atoms with Gasteiger partial charge in [-0.15, -0.1) is 0 Å². The third-order valence-electron chi connectivity index (χ3n) is 6.07. The summed E-state index contributed by atoms with van der Waals surface area (Å²) in [7, 11) is 2.95. The highest BCUT2D eigenvalue weighted by molar-refractivity contribution is 5.95. The van der Waals surface area contributed by atoms with Crippen LogP contribution in [0.3, 0.4) is 0 Å². The average Bonchev–Trinajstić information content (AvgIpc) is 2.90. The first kappa shape index (κ1) is 22.0. The molecule has 0 aliphatic carbocycles.